The summed E-state index contributed by atoms with van der Waals surface area (Å²) in [6.07, 6.45) is 0. The van der Waals surface area contributed by atoms with Crippen molar-refractivity contribution in [1.29, 1.82) is 0 Å². The van der Waals surface area contributed by atoms with Crippen LogP contribution in [0.3, 0.4) is 0 Å². The van der Waals surface area contributed by atoms with Gasteiger partial charge < -0.3 is 9.88 Å². The van der Waals surface area contributed by atoms with Gasteiger partial charge in [0.25, 0.3) is 5.56 Å². The first-order chi connectivity index (χ1) is 10.9. The number of carbonyl (C=O) groups is 1. The van der Waals surface area contributed by atoms with Crippen LogP contribution in [0.4, 0.5) is 0 Å². The van der Waals surface area contributed by atoms with Crippen LogP contribution >= 0.6 is 35.3 Å². The first-order valence-corrected chi connectivity index (χ1v) is 9.54. The van der Waals surface area contributed by atoms with Crippen LogP contribution in [0.15, 0.2) is 4.79 Å². The Bertz CT molecular complexity index is 806. The zero-order chi connectivity index (χ0) is 17.1. The summed E-state index contributed by atoms with van der Waals surface area (Å²) < 4.78 is 0.796. The normalized spacial score (nSPS) is 11.0. The molecule has 0 bridgehead atoms. The summed E-state index contributed by atoms with van der Waals surface area (Å²) >= 11 is 8.15. The van der Waals surface area contributed by atoms with Crippen LogP contribution in [-0.4, -0.2) is 38.1 Å². The van der Waals surface area contributed by atoms with E-state index in [0.717, 1.165) is 17.4 Å². The number of fused-ring (bicyclic) bond motifs is 1. The number of ketones is 1. The van der Waals surface area contributed by atoms with Gasteiger partial charge in [-0.1, -0.05) is 24.0 Å². The van der Waals surface area contributed by atoms with Crippen LogP contribution in [0.25, 0.3) is 10.2 Å². The fraction of sp³-hybridized carbons (Fsp3) is 0.467. The number of aryl methyl sites for hydroxylation is 1. The molecule has 23 heavy (non-hydrogen) atoms. The zero-order valence-corrected chi connectivity index (χ0v) is 16.0. The van der Waals surface area contributed by atoms with Crippen molar-refractivity contribution < 1.29 is 4.79 Å². The molecule has 2 aromatic rings. The fourth-order valence-electron chi connectivity index (χ4n) is 2.30. The number of nitrogens with zero attached hydrogens (tertiary/aromatic N) is 2. The molecule has 0 fully saturated rings. The summed E-state index contributed by atoms with van der Waals surface area (Å²) in [5, 5.41) is 0.514. The predicted octanol–water partition coefficient (Wildman–Crippen LogP) is 3.36. The Hall–Kier alpha value is -1.25. The van der Waals surface area contributed by atoms with Gasteiger partial charge in [0.1, 0.15) is 15.0 Å². The Morgan fingerprint density at radius 2 is 2.04 bits per heavy atom. The molecular weight excluding hydrogens is 350 g/mol. The van der Waals surface area contributed by atoms with Crippen molar-refractivity contribution in [2.45, 2.75) is 33.4 Å². The van der Waals surface area contributed by atoms with E-state index in [2.05, 4.69) is 28.7 Å². The maximum Gasteiger partial charge on any atom is 0.259 e. The van der Waals surface area contributed by atoms with Gasteiger partial charge in [-0.05, 0) is 33.3 Å². The first kappa shape index (κ1) is 18.1. The molecule has 0 saturated heterocycles. The molecule has 0 aliphatic heterocycles. The first-order valence-electron chi connectivity index (χ1n) is 7.33. The third-order valence-electron chi connectivity index (χ3n) is 3.52. The van der Waals surface area contributed by atoms with Crippen LogP contribution < -0.4 is 5.56 Å². The standard InChI is InChI=1S/C15H19N3O2S3/c1-5-18(6-2)15(21)22-7-10-16-13(20)11-8(3)12(9(4)19)23-14(11)17-10/h5-7H2,1-4H3,(H,16,17,20). The summed E-state index contributed by atoms with van der Waals surface area (Å²) in [6, 6.07) is 0. The number of hydrogen-bond donors (Lipinski definition) is 1. The molecule has 2 aromatic heterocycles. The quantitative estimate of drug-likeness (QED) is 0.644. The number of carbonyl (C=O) groups excluding carboxylic acids is 1. The van der Waals surface area contributed by atoms with Gasteiger partial charge in [0.15, 0.2) is 5.78 Å². The Balaban J connectivity index is 2.28. The topological polar surface area (TPSA) is 66.1 Å². The van der Waals surface area contributed by atoms with E-state index in [4.69, 9.17) is 12.2 Å². The number of thioether (sulfide) groups is 1. The van der Waals surface area contributed by atoms with E-state index in [1.54, 1.807) is 6.92 Å². The minimum absolute atomic E-state index is 0.0384. The van der Waals surface area contributed by atoms with Gasteiger partial charge in [-0.15, -0.1) is 11.3 Å². The monoisotopic (exact) mass is 369 g/mol. The average Bonchev–Trinajstić information content (AvgIpc) is 2.84. The molecule has 0 unspecified atom stereocenters. The second kappa shape index (κ2) is 7.55. The third kappa shape index (κ3) is 3.81. The third-order valence-corrected chi connectivity index (χ3v) is 6.34. The minimum atomic E-state index is -0.194. The fourth-order valence-corrected chi connectivity index (χ4v) is 4.66. The lowest BCUT2D eigenvalue weighted by Crippen LogP contribution is -2.26. The Kier molecular flexibility index (Phi) is 5.94. The molecule has 0 aromatic carbocycles. The van der Waals surface area contributed by atoms with Crippen molar-refractivity contribution in [1.82, 2.24) is 14.9 Å². The number of aromatic amines is 1. The summed E-state index contributed by atoms with van der Waals surface area (Å²) in [5.74, 6) is 1.05. The molecule has 0 saturated carbocycles. The van der Waals surface area contributed by atoms with Crippen molar-refractivity contribution in [3.8, 4) is 0 Å². The number of thiophene rings is 1. The average molecular weight is 370 g/mol. The molecule has 0 spiro atoms. The number of thiocarbonyl (C=S) groups is 1. The van der Waals surface area contributed by atoms with Gasteiger partial charge in [0.2, 0.25) is 0 Å². The van der Waals surface area contributed by atoms with E-state index in [1.165, 1.54) is 30.0 Å². The van der Waals surface area contributed by atoms with E-state index < -0.39 is 0 Å². The highest BCUT2D eigenvalue weighted by molar-refractivity contribution is 8.22. The van der Waals surface area contributed by atoms with Crippen LogP contribution in [0.2, 0.25) is 0 Å². The summed E-state index contributed by atoms with van der Waals surface area (Å²) in [7, 11) is 0. The molecule has 5 nitrogen and oxygen atoms in total. The highest BCUT2D eigenvalue weighted by Gasteiger charge is 2.17. The predicted molar refractivity (Wildman–Crippen MR) is 102 cm³/mol. The van der Waals surface area contributed by atoms with Crippen LogP contribution in [-0.2, 0) is 5.75 Å². The molecule has 124 valence electrons. The lowest BCUT2D eigenvalue weighted by Gasteiger charge is -2.20. The second-order valence-corrected chi connectivity index (χ2v) is 7.64. The van der Waals surface area contributed by atoms with E-state index in [1.807, 2.05) is 0 Å². The van der Waals surface area contributed by atoms with Gasteiger partial charge in [-0.25, -0.2) is 4.98 Å². The molecular formula is C15H19N3O2S3. The Morgan fingerprint density at radius 1 is 1.39 bits per heavy atom. The van der Waals surface area contributed by atoms with Crippen molar-refractivity contribution in [2.75, 3.05) is 13.1 Å². The van der Waals surface area contributed by atoms with Gasteiger partial charge in [-0.2, -0.15) is 0 Å². The van der Waals surface area contributed by atoms with Crippen LogP contribution in [0, 0.1) is 6.92 Å². The van der Waals surface area contributed by atoms with Crippen molar-refractivity contribution in [3.05, 3.63) is 26.6 Å². The molecule has 2 heterocycles. The molecule has 8 heteroatoms. The summed E-state index contributed by atoms with van der Waals surface area (Å²) in [4.78, 5) is 34.5. The Labute approximate surface area is 148 Å². The van der Waals surface area contributed by atoms with Crippen molar-refractivity contribution >= 4 is 55.6 Å². The maximum atomic E-state index is 12.3. The van der Waals surface area contributed by atoms with E-state index in [9.17, 15) is 9.59 Å². The summed E-state index contributed by atoms with van der Waals surface area (Å²) in [5.41, 5.74) is 0.518. The van der Waals surface area contributed by atoms with Gasteiger partial charge >= 0.3 is 0 Å². The van der Waals surface area contributed by atoms with E-state index in [0.29, 0.717) is 32.2 Å². The van der Waals surface area contributed by atoms with Gasteiger partial charge in [0.05, 0.1) is 16.0 Å². The molecule has 1 N–H and O–H groups in total. The number of nitrogens with one attached hydrogen (secondary N) is 1. The molecule has 2 rings (SSSR count). The van der Waals surface area contributed by atoms with E-state index in [-0.39, 0.29) is 11.3 Å². The van der Waals surface area contributed by atoms with Crippen LogP contribution in [0.1, 0.15) is 41.8 Å². The molecule has 0 aliphatic rings. The number of aromatic nitrogens is 2. The molecule has 0 aliphatic carbocycles. The minimum Gasteiger partial charge on any atom is -0.358 e. The molecule has 0 atom stereocenters. The largest absolute Gasteiger partial charge is 0.358 e. The van der Waals surface area contributed by atoms with Crippen molar-refractivity contribution in [2.24, 2.45) is 0 Å². The maximum absolute atomic E-state index is 12.3. The van der Waals surface area contributed by atoms with Crippen LogP contribution in [0.5, 0.6) is 0 Å². The molecule has 0 radical (unpaired) electrons. The Morgan fingerprint density at radius 3 is 2.61 bits per heavy atom. The van der Waals surface area contributed by atoms with Gasteiger partial charge in [-0.3, -0.25) is 9.59 Å². The lowest BCUT2D eigenvalue weighted by atomic mass is 10.2. The SMILES string of the molecule is CCN(CC)C(=S)SCc1nc2sc(C(C)=O)c(C)c2c(=O)[nH]1. The number of H-pyrrole nitrogens is 1. The highest BCUT2D eigenvalue weighted by atomic mass is 32.2. The smallest absolute Gasteiger partial charge is 0.259 e. The highest BCUT2D eigenvalue weighted by Crippen LogP contribution is 2.27. The summed E-state index contributed by atoms with van der Waals surface area (Å²) in [6.45, 7) is 9.12. The zero-order valence-electron chi connectivity index (χ0n) is 13.6. The van der Waals surface area contributed by atoms with E-state index >= 15 is 0 Å². The van der Waals surface area contributed by atoms with Crippen molar-refractivity contribution in [3.63, 3.8) is 0 Å². The van der Waals surface area contributed by atoms with Gasteiger partial charge in [0, 0.05) is 13.1 Å². The number of hydrogen-bond acceptors (Lipinski definition) is 6. The lowest BCUT2D eigenvalue weighted by molar-refractivity contribution is 0.102. The number of Topliss-reactive ketones (excluding diaryl/α,β-unsaturated/α-hetero) is 1. The second-order valence-electron chi connectivity index (χ2n) is 5.03. The number of rotatable bonds is 5. The molecule has 0 amide bonds.